The van der Waals surface area contributed by atoms with E-state index in [1.54, 1.807) is 0 Å². The fourth-order valence-corrected chi connectivity index (χ4v) is 2.72. The number of benzene rings is 1. The number of fused-ring (bicyclic) bond motifs is 1. The summed E-state index contributed by atoms with van der Waals surface area (Å²) in [6.45, 7) is 6.43. The van der Waals surface area contributed by atoms with E-state index in [4.69, 9.17) is 0 Å². The van der Waals surface area contributed by atoms with Crippen molar-refractivity contribution in [1.29, 1.82) is 0 Å². The summed E-state index contributed by atoms with van der Waals surface area (Å²) in [5.41, 5.74) is 2.76. The molecule has 0 aliphatic carbocycles. The lowest BCUT2D eigenvalue weighted by Crippen LogP contribution is -2.28. The average Bonchev–Trinajstić information content (AvgIpc) is 2.79. The number of hydrogen-bond donors (Lipinski definition) is 0. The van der Waals surface area contributed by atoms with Crippen molar-refractivity contribution < 1.29 is 9.59 Å². The Morgan fingerprint density at radius 2 is 2.05 bits per heavy atom. The fraction of sp³-hybridized carbons (Fsp3) is 0.500. The third-order valence-corrected chi connectivity index (χ3v) is 3.90. The van der Waals surface area contributed by atoms with Crippen LogP contribution in [0.5, 0.6) is 0 Å². The normalized spacial score (nSPS) is 14.3. The van der Waals surface area contributed by atoms with Gasteiger partial charge < -0.3 is 4.90 Å². The van der Waals surface area contributed by atoms with Crippen molar-refractivity contribution in [2.45, 2.75) is 44.4 Å². The zero-order chi connectivity index (χ0) is 14.9. The molecule has 1 amide bonds. The summed E-state index contributed by atoms with van der Waals surface area (Å²) < 4.78 is -0.558. The molecular formula is C16H20BrNO2. The molecule has 4 heteroatoms. The number of alkyl halides is 1. The highest BCUT2D eigenvalue weighted by Crippen LogP contribution is 2.31. The van der Waals surface area contributed by atoms with Gasteiger partial charge >= 0.3 is 0 Å². The Balaban J connectivity index is 2.27. The first kappa shape index (κ1) is 15.2. The Morgan fingerprint density at radius 3 is 2.65 bits per heavy atom. The van der Waals surface area contributed by atoms with Crippen LogP contribution >= 0.6 is 15.9 Å². The van der Waals surface area contributed by atoms with Crippen LogP contribution in [0.25, 0.3) is 0 Å². The summed E-state index contributed by atoms with van der Waals surface area (Å²) in [4.78, 5) is 26.1. The van der Waals surface area contributed by atoms with Crippen molar-refractivity contribution in [1.82, 2.24) is 0 Å². The van der Waals surface area contributed by atoms with Gasteiger partial charge in [-0.2, -0.15) is 0 Å². The van der Waals surface area contributed by atoms with Crippen LogP contribution in [0.4, 0.5) is 5.69 Å². The zero-order valence-corrected chi connectivity index (χ0v) is 13.8. The number of ketones is 1. The summed E-state index contributed by atoms with van der Waals surface area (Å²) >= 11 is 3.40. The molecule has 0 saturated carbocycles. The number of Topliss-reactive ketones (excluding diaryl/α,β-unsaturated/α-hetero) is 1. The molecule has 1 aromatic carbocycles. The molecule has 0 radical (unpaired) electrons. The maximum Gasteiger partial charge on any atom is 0.226 e. The molecule has 1 aliphatic heterocycles. The summed E-state index contributed by atoms with van der Waals surface area (Å²) in [6.07, 6.45) is 2.27. The first-order chi connectivity index (χ1) is 9.34. The number of carbonyl (C=O) groups is 2. The largest absolute Gasteiger partial charge is 0.312 e. The minimum atomic E-state index is -0.558. The lowest BCUT2D eigenvalue weighted by atomic mass is 9.98. The van der Waals surface area contributed by atoms with E-state index in [1.807, 2.05) is 43.9 Å². The summed E-state index contributed by atoms with van der Waals surface area (Å²) in [5, 5.41) is 0. The van der Waals surface area contributed by atoms with E-state index in [-0.39, 0.29) is 11.7 Å². The van der Waals surface area contributed by atoms with E-state index in [0.717, 1.165) is 30.6 Å². The van der Waals surface area contributed by atoms with Gasteiger partial charge in [-0.05, 0) is 50.5 Å². The molecule has 0 spiro atoms. The fourth-order valence-electron chi connectivity index (χ4n) is 2.49. The monoisotopic (exact) mass is 337 g/mol. The SMILES string of the molecule is CCCC(=O)N1CCc2cc(C(=O)C(C)(C)Br)ccc21. The lowest BCUT2D eigenvalue weighted by molar-refractivity contribution is -0.118. The van der Waals surface area contributed by atoms with Gasteiger partial charge in [0.2, 0.25) is 5.91 Å². The Hall–Kier alpha value is -1.16. The Kier molecular flexibility index (Phi) is 4.33. The zero-order valence-electron chi connectivity index (χ0n) is 12.2. The van der Waals surface area contributed by atoms with Crippen molar-refractivity contribution in [3.05, 3.63) is 29.3 Å². The van der Waals surface area contributed by atoms with E-state index in [1.165, 1.54) is 0 Å². The highest BCUT2D eigenvalue weighted by atomic mass is 79.9. The number of amides is 1. The topological polar surface area (TPSA) is 37.4 Å². The van der Waals surface area contributed by atoms with E-state index < -0.39 is 4.32 Å². The number of rotatable bonds is 4. The summed E-state index contributed by atoms with van der Waals surface area (Å²) in [7, 11) is 0. The predicted molar refractivity (Wildman–Crippen MR) is 84.7 cm³/mol. The second-order valence-corrected chi connectivity index (χ2v) is 7.67. The van der Waals surface area contributed by atoms with Crippen molar-refractivity contribution in [2.75, 3.05) is 11.4 Å². The van der Waals surface area contributed by atoms with Crippen LogP contribution in [0.2, 0.25) is 0 Å². The number of halogens is 1. The third-order valence-electron chi connectivity index (χ3n) is 3.54. The van der Waals surface area contributed by atoms with E-state index in [2.05, 4.69) is 15.9 Å². The first-order valence-corrected chi connectivity index (χ1v) is 7.81. The van der Waals surface area contributed by atoms with E-state index >= 15 is 0 Å². The molecule has 0 bridgehead atoms. The quantitative estimate of drug-likeness (QED) is 0.620. The number of hydrogen-bond acceptors (Lipinski definition) is 2. The number of nitrogens with zero attached hydrogens (tertiary/aromatic N) is 1. The van der Waals surface area contributed by atoms with E-state index in [9.17, 15) is 9.59 Å². The molecule has 20 heavy (non-hydrogen) atoms. The molecule has 0 unspecified atom stereocenters. The molecule has 0 saturated heterocycles. The van der Waals surface area contributed by atoms with Crippen LogP contribution in [0, 0.1) is 0 Å². The van der Waals surface area contributed by atoms with Gasteiger partial charge in [-0.3, -0.25) is 9.59 Å². The van der Waals surface area contributed by atoms with Crippen LogP contribution in [0.15, 0.2) is 18.2 Å². The van der Waals surface area contributed by atoms with Crippen LogP contribution < -0.4 is 4.90 Å². The predicted octanol–water partition coefficient (Wildman–Crippen LogP) is 3.73. The molecule has 0 aromatic heterocycles. The molecule has 0 fully saturated rings. The molecule has 2 rings (SSSR count). The molecule has 0 N–H and O–H groups in total. The highest BCUT2D eigenvalue weighted by Gasteiger charge is 2.28. The minimum absolute atomic E-state index is 0.0682. The molecule has 108 valence electrons. The molecule has 3 nitrogen and oxygen atoms in total. The van der Waals surface area contributed by atoms with Crippen molar-refractivity contribution >= 4 is 33.3 Å². The second kappa shape index (κ2) is 5.68. The van der Waals surface area contributed by atoms with Crippen LogP contribution in [-0.2, 0) is 11.2 Å². The molecule has 1 aromatic rings. The number of carbonyl (C=O) groups excluding carboxylic acids is 2. The Labute approximate surface area is 128 Å². The van der Waals surface area contributed by atoms with Crippen molar-refractivity contribution in [3.8, 4) is 0 Å². The van der Waals surface area contributed by atoms with Crippen LogP contribution in [-0.4, -0.2) is 22.6 Å². The van der Waals surface area contributed by atoms with E-state index in [0.29, 0.717) is 12.0 Å². The minimum Gasteiger partial charge on any atom is -0.312 e. The summed E-state index contributed by atoms with van der Waals surface area (Å²) in [5.74, 6) is 0.241. The molecule has 1 aliphatic rings. The Morgan fingerprint density at radius 1 is 1.35 bits per heavy atom. The first-order valence-electron chi connectivity index (χ1n) is 7.01. The van der Waals surface area contributed by atoms with Crippen LogP contribution in [0.1, 0.15) is 49.5 Å². The van der Waals surface area contributed by atoms with Gasteiger partial charge in [0.1, 0.15) is 0 Å². The molecule has 1 heterocycles. The maximum atomic E-state index is 12.3. The van der Waals surface area contributed by atoms with Crippen LogP contribution in [0.3, 0.4) is 0 Å². The van der Waals surface area contributed by atoms with Gasteiger partial charge in [-0.25, -0.2) is 0 Å². The van der Waals surface area contributed by atoms with Gasteiger partial charge in [-0.1, -0.05) is 22.9 Å². The number of anilines is 1. The van der Waals surface area contributed by atoms with Gasteiger partial charge in [0.25, 0.3) is 0 Å². The Bertz CT molecular complexity index is 546. The van der Waals surface area contributed by atoms with Gasteiger partial charge in [0, 0.05) is 24.2 Å². The third kappa shape index (κ3) is 2.95. The highest BCUT2D eigenvalue weighted by molar-refractivity contribution is 9.10. The van der Waals surface area contributed by atoms with Gasteiger partial charge in [0.05, 0.1) is 4.32 Å². The average molecular weight is 338 g/mol. The second-order valence-electron chi connectivity index (χ2n) is 5.69. The maximum absolute atomic E-state index is 12.3. The standard InChI is InChI=1S/C16H20BrNO2/c1-4-5-14(19)18-9-8-11-10-12(6-7-13(11)18)15(20)16(2,3)17/h6-7,10H,4-5,8-9H2,1-3H3. The van der Waals surface area contributed by atoms with Gasteiger partial charge in [-0.15, -0.1) is 0 Å². The lowest BCUT2D eigenvalue weighted by Gasteiger charge is -2.18. The molecule has 0 atom stereocenters. The van der Waals surface area contributed by atoms with Crippen molar-refractivity contribution in [2.24, 2.45) is 0 Å². The molecular weight excluding hydrogens is 318 g/mol. The smallest absolute Gasteiger partial charge is 0.226 e. The summed E-state index contributed by atoms with van der Waals surface area (Å²) in [6, 6.07) is 5.66. The van der Waals surface area contributed by atoms with Crippen molar-refractivity contribution in [3.63, 3.8) is 0 Å². The van der Waals surface area contributed by atoms with Gasteiger partial charge in [0.15, 0.2) is 5.78 Å².